The van der Waals surface area contributed by atoms with Gasteiger partial charge in [-0.25, -0.2) is 0 Å². The van der Waals surface area contributed by atoms with Gasteiger partial charge in [0.1, 0.15) is 5.75 Å². The van der Waals surface area contributed by atoms with Crippen LogP contribution in [0.5, 0.6) is 5.75 Å². The van der Waals surface area contributed by atoms with Crippen LogP contribution in [0.4, 0.5) is 5.69 Å². The molecule has 6 heteroatoms. The highest BCUT2D eigenvalue weighted by Gasteiger charge is 2.17. The van der Waals surface area contributed by atoms with E-state index < -0.39 is 0 Å². The fourth-order valence-electron chi connectivity index (χ4n) is 1.74. The fraction of sp³-hybridized carbons (Fsp3) is 0.467. The van der Waals surface area contributed by atoms with Crippen molar-refractivity contribution in [2.75, 3.05) is 32.6 Å². The zero-order valence-corrected chi connectivity index (χ0v) is 12.9. The Morgan fingerprint density at radius 1 is 1.24 bits per heavy atom. The first kappa shape index (κ1) is 17.0. The minimum Gasteiger partial charge on any atom is -0.497 e. The maximum absolute atomic E-state index is 12.1. The number of anilines is 1. The summed E-state index contributed by atoms with van der Waals surface area (Å²) in [5, 5.41) is 2.78. The molecule has 1 aromatic rings. The zero-order valence-electron chi connectivity index (χ0n) is 12.9. The molecule has 0 aliphatic heterocycles. The molecule has 21 heavy (non-hydrogen) atoms. The van der Waals surface area contributed by atoms with E-state index in [1.165, 1.54) is 7.11 Å². The van der Waals surface area contributed by atoms with E-state index in [9.17, 15) is 9.59 Å². The quantitative estimate of drug-likeness (QED) is 0.772. The number of hydrogen-bond acceptors (Lipinski definition) is 5. The number of benzene rings is 1. The fourth-order valence-corrected chi connectivity index (χ4v) is 1.74. The maximum atomic E-state index is 12.1. The van der Waals surface area contributed by atoms with Crippen molar-refractivity contribution >= 4 is 17.6 Å². The molecular formula is C15H22N2O4. The average molecular weight is 294 g/mol. The van der Waals surface area contributed by atoms with Crippen molar-refractivity contribution in [1.29, 1.82) is 0 Å². The minimum absolute atomic E-state index is 0.0557. The van der Waals surface area contributed by atoms with Crippen molar-refractivity contribution < 1.29 is 19.1 Å². The third-order valence-corrected chi connectivity index (χ3v) is 2.99. The molecule has 0 spiro atoms. The molecule has 6 nitrogen and oxygen atoms in total. The normalized spacial score (nSPS) is 10.6. The van der Waals surface area contributed by atoms with E-state index in [0.717, 1.165) is 0 Å². The van der Waals surface area contributed by atoms with E-state index >= 15 is 0 Å². The van der Waals surface area contributed by atoms with Crippen LogP contribution in [0.15, 0.2) is 24.3 Å². The molecule has 1 rings (SSSR count). The molecule has 0 aliphatic rings. The molecule has 1 amide bonds. The average Bonchev–Trinajstić information content (AvgIpc) is 2.46. The van der Waals surface area contributed by atoms with Crippen molar-refractivity contribution in [2.24, 2.45) is 0 Å². The van der Waals surface area contributed by atoms with Gasteiger partial charge in [-0.05, 0) is 26.0 Å². The summed E-state index contributed by atoms with van der Waals surface area (Å²) >= 11 is 0. The largest absolute Gasteiger partial charge is 0.497 e. The van der Waals surface area contributed by atoms with Gasteiger partial charge >= 0.3 is 5.97 Å². The third kappa shape index (κ3) is 5.83. The van der Waals surface area contributed by atoms with Crippen molar-refractivity contribution in [3.05, 3.63) is 24.3 Å². The predicted octanol–water partition coefficient (Wildman–Crippen LogP) is 1.52. The molecule has 0 atom stereocenters. The van der Waals surface area contributed by atoms with Crippen LogP contribution in [-0.2, 0) is 14.3 Å². The van der Waals surface area contributed by atoms with Crippen LogP contribution >= 0.6 is 0 Å². The highest BCUT2D eigenvalue weighted by Crippen LogP contribution is 2.16. The Morgan fingerprint density at radius 2 is 1.95 bits per heavy atom. The Balaban J connectivity index is 2.62. The Kier molecular flexibility index (Phi) is 6.68. The van der Waals surface area contributed by atoms with Crippen LogP contribution in [0, 0.1) is 0 Å². The topological polar surface area (TPSA) is 67.9 Å². The summed E-state index contributed by atoms with van der Waals surface area (Å²) in [5.74, 6) is 0.113. The Morgan fingerprint density at radius 3 is 2.52 bits per heavy atom. The number of carbonyl (C=O) groups excluding carboxylic acids is 2. The van der Waals surface area contributed by atoms with Crippen molar-refractivity contribution in [2.45, 2.75) is 19.9 Å². The van der Waals surface area contributed by atoms with Gasteiger partial charge in [0.05, 0.1) is 27.3 Å². The summed E-state index contributed by atoms with van der Waals surface area (Å²) in [6.45, 7) is 4.03. The molecule has 1 aromatic carbocycles. The van der Waals surface area contributed by atoms with Gasteiger partial charge in [-0.1, -0.05) is 6.07 Å². The lowest BCUT2D eigenvalue weighted by atomic mass is 10.2. The first-order valence-corrected chi connectivity index (χ1v) is 6.71. The first-order chi connectivity index (χ1) is 9.96. The Labute approximate surface area is 125 Å². The van der Waals surface area contributed by atoms with E-state index in [2.05, 4.69) is 10.1 Å². The van der Waals surface area contributed by atoms with Gasteiger partial charge in [-0.15, -0.1) is 0 Å². The summed E-state index contributed by atoms with van der Waals surface area (Å²) in [7, 11) is 2.90. The number of carbonyl (C=O) groups is 2. The Hall–Kier alpha value is -2.08. The van der Waals surface area contributed by atoms with Crippen LogP contribution in [0.3, 0.4) is 0 Å². The predicted molar refractivity (Wildman–Crippen MR) is 80.3 cm³/mol. The number of nitrogens with one attached hydrogen (secondary N) is 1. The minimum atomic E-state index is -0.363. The van der Waals surface area contributed by atoms with Gasteiger partial charge < -0.3 is 14.8 Å². The van der Waals surface area contributed by atoms with E-state index in [0.29, 0.717) is 11.4 Å². The number of amides is 1. The molecule has 0 fully saturated rings. The van der Waals surface area contributed by atoms with Crippen LogP contribution in [0.25, 0.3) is 0 Å². The zero-order chi connectivity index (χ0) is 15.8. The van der Waals surface area contributed by atoms with Crippen molar-refractivity contribution in [3.8, 4) is 5.75 Å². The lowest BCUT2D eigenvalue weighted by molar-refractivity contribution is -0.142. The van der Waals surface area contributed by atoms with Crippen LogP contribution in [0.1, 0.15) is 13.8 Å². The summed E-state index contributed by atoms with van der Waals surface area (Å²) in [6, 6.07) is 7.16. The second-order valence-electron chi connectivity index (χ2n) is 4.85. The van der Waals surface area contributed by atoms with Gasteiger partial charge in [0.25, 0.3) is 0 Å². The monoisotopic (exact) mass is 294 g/mol. The molecule has 1 N–H and O–H groups in total. The molecule has 0 aliphatic carbocycles. The molecule has 0 heterocycles. The number of hydrogen-bond donors (Lipinski definition) is 1. The molecule has 0 saturated carbocycles. The number of methoxy groups -OCH3 is 2. The molecule has 0 saturated heterocycles. The molecule has 0 radical (unpaired) electrons. The second-order valence-corrected chi connectivity index (χ2v) is 4.85. The van der Waals surface area contributed by atoms with Crippen LogP contribution in [-0.4, -0.2) is 50.1 Å². The first-order valence-electron chi connectivity index (χ1n) is 6.71. The SMILES string of the molecule is COC(=O)CN(CC(=O)Nc1cccc(OC)c1)C(C)C. The van der Waals surface area contributed by atoms with Gasteiger partial charge in [0.2, 0.25) is 5.91 Å². The standard InChI is InChI=1S/C15H22N2O4/c1-11(2)17(10-15(19)21-4)9-14(18)16-12-6-5-7-13(8-12)20-3/h5-8,11H,9-10H2,1-4H3,(H,16,18). The third-order valence-electron chi connectivity index (χ3n) is 2.99. The summed E-state index contributed by atoms with van der Waals surface area (Å²) < 4.78 is 9.73. The van der Waals surface area contributed by atoms with Gasteiger partial charge in [-0.3, -0.25) is 14.5 Å². The lowest BCUT2D eigenvalue weighted by Crippen LogP contribution is -2.41. The molecule has 116 valence electrons. The van der Waals surface area contributed by atoms with Crippen LogP contribution < -0.4 is 10.1 Å². The highest BCUT2D eigenvalue weighted by molar-refractivity contribution is 5.92. The molecular weight excluding hydrogens is 272 g/mol. The summed E-state index contributed by atoms with van der Waals surface area (Å²) in [6.07, 6.45) is 0. The van der Waals surface area contributed by atoms with Crippen LogP contribution in [0.2, 0.25) is 0 Å². The number of ether oxygens (including phenoxy) is 2. The Bertz CT molecular complexity index is 488. The molecule has 0 unspecified atom stereocenters. The summed E-state index contributed by atoms with van der Waals surface area (Å²) in [5.41, 5.74) is 0.654. The van der Waals surface area contributed by atoms with E-state index in [-0.39, 0.29) is 31.0 Å². The molecule has 0 bridgehead atoms. The van der Waals surface area contributed by atoms with Gasteiger partial charge in [0, 0.05) is 17.8 Å². The number of nitrogens with zero attached hydrogens (tertiary/aromatic N) is 1. The van der Waals surface area contributed by atoms with Gasteiger partial charge in [0.15, 0.2) is 0 Å². The van der Waals surface area contributed by atoms with E-state index in [1.54, 1.807) is 36.3 Å². The van der Waals surface area contributed by atoms with Crippen molar-refractivity contribution in [3.63, 3.8) is 0 Å². The van der Waals surface area contributed by atoms with Gasteiger partial charge in [-0.2, -0.15) is 0 Å². The highest BCUT2D eigenvalue weighted by atomic mass is 16.5. The van der Waals surface area contributed by atoms with E-state index in [1.807, 2.05) is 13.8 Å². The number of esters is 1. The van der Waals surface area contributed by atoms with E-state index in [4.69, 9.17) is 4.74 Å². The molecule has 0 aromatic heterocycles. The second kappa shape index (κ2) is 8.26. The lowest BCUT2D eigenvalue weighted by Gasteiger charge is -2.24. The van der Waals surface area contributed by atoms with Crippen molar-refractivity contribution in [1.82, 2.24) is 4.90 Å². The summed E-state index contributed by atoms with van der Waals surface area (Å²) in [4.78, 5) is 25.1. The smallest absolute Gasteiger partial charge is 0.319 e. The maximum Gasteiger partial charge on any atom is 0.319 e. The number of rotatable bonds is 7.